The molecule has 1 aliphatic carbocycles. The van der Waals surface area contributed by atoms with Gasteiger partial charge in [-0.2, -0.15) is 0 Å². The summed E-state index contributed by atoms with van der Waals surface area (Å²) in [6.45, 7) is 4.68. The highest BCUT2D eigenvalue weighted by Gasteiger charge is 2.40. The first-order valence-electron chi connectivity index (χ1n) is 6.88. The van der Waals surface area contributed by atoms with Crippen LogP contribution in [0.5, 0.6) is 0 Å². The van der Waals surface area contributed by atoms with E-state index in [0.717, 1.165) is 12.3 Å². The van der Waals surface area contributed by atoms with Gasteiger partial charge in [-0.05, 0) is 40.7 Å². The molecule has 0 aliphatic heterocycles. The normalized spacial score (nSPS) is 32.8. The Morgan fingerprint density at radius 1 is 1.28 bits per heavy atom. The largest absolute Gasteiger partial charge is 0.321 e. The molecule has 1 nitrogen and oxygen atoms in total. The third-order valence-corrected chi connectivity index (χ3v) is 5.86. The van der Waals surface area contributed by atoms with Gasteiger partial charge in [0.15, 0.2) is 0 Å². The van der Waals surface area contributed by atoms with Crippen molar-refractivity contribution in [2.75, 3.05) is 0 Å². The minimum absolute atomic E-state index is 0.137. The van der Waals surface area contributed by atoms with Gasteiger partial charge in [0.2, 0.25) is 0 Å². The average Bonchev–Trinajstić information content (AvgIpc) is 2.83. The second kappa shape index (κ2) is 4.36. The van der Waals surface area contributed by atoms with E-state index in [1.54, 1.807) is 0 Å². The number of hydrogen-bond donors (Lipinski definition) is 1. The predicted octanol–water partition coefficient (Wildman–Crippen LogP) is 4.51. The third-order valence-electron chi connectivity index (χ3n) is 4.90. The van der Waals surface area contributed by atoms with Crippen LogP contribution in [0.1, 0.15) is 38.7 Å². The van der Waals surface area contributed by atoms with Crippen LogP contribution in [0.4, 0.5) is 0 Å². The molecule has 0 saturated heterocycles. The van der Waals surface area contributed by atoms with Crippen molar-refractivity contribution in [3.05, 3.63) is 35.2 Å². The summed E-state index contributed by atoms with van der Waals surface area (Å²) in [7, 11) is 0. The summed E-state index contributed by atoms with van der Waals surface area (Å²) in [5.74, 6) is 1.28. The van der Waals surface area contributed by atoms with E-state index in [1.165, 1.54) is 28.5 Å². The Labute approximate surface area is 113 Å². The van der Waals surface area contributed by atoms with Crippen LogP contribution in [0.2, 0.25) is 0 Å². The number of nitrogens with two attached hydrogens (primary N) is 1. The van der Waals surface area contributed by atoms with E-state index in [2.05, 4.69) is 43.5 Å². The molecule has 1 aliphatic rings. The van der Waals surface area contributed by atoms with Gasteiger partial charge in [0.05, 0.1) is 0 Å². The van der Waals surface area contributed by atoms with Crippen LogP contribution in [0, 0.1) is 11.8 Å². The van der Waals surface area contributed by atoms with Gasteiger partial charge in [-0.3, -0.25) is 0 Å². The maximum absolute atomic E-state index is 6.85. The highest BCUT2D eigenvalue weighted by atomic mass is 32.1. The van der Waals surface area contributed by atoms with Crippen molar-refractivity contribution >= 4 is 21.4 Å². The highest BCUT2D eigenvalue weighted by Crippen LogP contribution is 2.45. The molecule has 1 aromatic carbocycles. The summed E-state index contributed by atoms with van der Waals surface area (Å²) in [5.41, 5.74) is 8.08. The Hall–Kier alpha value is -0.860. The summed E-state index contributed by atoms with van der Waals surface area (Å²) < 4.78 is 1.39. The zero-order valence-corrected chi connectivity index (χ0v) is 12.0. The third kappa shape index (κ3) is 1.70. The van der Waals surface area contributed by atoms with Gasteiger partial charge in [-0.15, -0.1) is 11.3 Å². The molecular weight excluding hydrogens is 238 g/mol. The minimum atomic E-state index is -0.137. The SMILES string of the molecule is CC1CCCC(N)(c2cccc3ccsc23)C1C. The lowest BCUT2D eigenvalue weighted by Crippen LogP contribution is -2.48. The molecule has 1 fully saturated rings. The molecule has 0 bridgehead atoms. The lowest BCUT2D eigenvalue weighted by Gasteiger charge is -2.44. The van der Waals surface area contributed by atoms with Crippen molar-refractivity contribution < 1.29 is 0 Å². The Morgan fingerprint density at radius 2 is 2.11 bits per heavy atom. The molecule has 1 saturated carbocycles. The quantitative estimate of drug-likeness (QED) is 0.801. The summed E-state index contributed by atoms with van der Waals surface area (Å²) in [6.07, 6.45) is 3.69. The Kier molecular flexibility index (Phi) is 2.95. The number of rotatable bonds is 1. The van der Waals surface area contributed by atoms with Crippen LogP contribution in [-0.2, 0) is 5.54 Å². The monoisotopic (exact) mass is 259 g/mol. The zero-order chi connectivity index (χ0) is 12.8. The average molecular weight is 259 g/mol. The van der Waals surface area contributed by atoms with E-state index in [0.29, 0.717) is 5.92 Å². The first-order valence-corrected chi connectivity index (χ1v) is 7.76. The van der Waals surface area contributed by atoms with E-state index in [-0.39, 0.29) is 5.54 Å². The standard InChI is InChI=1S/C16H21NS/c1-11-5-4-9-16(17,12(11)2)14-7-3-6-13-8-10-18-15(13)14/h3,6-8,10-12H,4-5,9,17H2,1-2H3. The molecule has 2 heteroatoms. The predicted molar refractivity (Wildman–Crippen MR) is 79.9 cm³/mol. The van der Waals surface area contributed by atoms with E-state index in [9.17, 15) is 0 Å². The second-order valence-electron chi connectivity index (χ2n) is 5.84. The van der Waals surface area contributed by atoms with Crippen LogP contribution in [0.25, 0.3) is 10.1 Å². The fraction of sp³-hybridized carbons (Fsp3) is 0.500. The van der Waals surface area contributed by atoms with E-state index < -0.39 is 0 Å². The van der Waals surface area contributed by atoms with Crippen LogP contribution in [0.3, 0.4) is 0 Å². The summed E-state index contributed by atoms with van der Waals surface area (Å²) >= 11 is 1.83. The molecule has 3 unspecified atom stereocenters. The van der Waals surface area contributed by atoms with Crippen LogP contribution >= 0.6 is 11.3 Å². The van der Waals surface area contributed by atoms with Crippen molar-refractivity contribution in [3.8, 4) is 0 Å². The fourth-order valence-corrected chi connectivity index (χ4v) is 4.45. The topological polar surface area (TPSA) is 26.0 Å². The van der Waals surface area contributed by atoms with Crippen LogP contribution in [-0.4, -0.2) is 0 Å². The molecule has 0 spiro atoms. The smallest absolute Gasteiger partial charge is 0.0452 e. The van der Waals surface area contributed by atoms with Gasteiger partial charge >= 0.3 is 0 Å². The first-order chi connectivity index (χ1) is 8.63. The Bertz CT molecular complexity index is 559. The number of thiophene rings is 1. The van der Waals surface area contributed by atoms with Gasteiger partial charge in [-0.25, -0.2) is 0 Å². The molecule has 18 heavy (non-hydrogen) atoms. The highest BCUT2D eigenvalue weighted by molar-refractivity contribution is 7.17. The maximum Gasteiger partial charge on any atom is 0.0452 e. The summed E-state index contributed by atoms with van der Waals surface area (Å²) in [4.78, 5) is 0. The Morgan fingerprint density at radius 3 is 2.94 bits per heavy atom. The van der Waals surface area contributed by atoms with Gasteiger partial charge in [0, 0.05) is 10.2 Å². The number of hydrogen-bond acceptors (Lipinski definition) is 2. The zero-order valence-electron chi connectivity index (χ0n) is 11.1. The van der Waals surface area contributed by atoms with E-state index >= 15 is 0 Å². The molecule has 3 atom stereocenters. The maximum atomic E-state index is 6.85. The molecule has 0 amide bonds. The minimum Gasteiger partial charge on any atom is -0.321 e. The van der Waals surface area contributed by atoms with Crippen molar-refractivity contribution in [1.82, 2.24) is 0 Å². The summed E-state index contributed by atoms with van der Waals surface area (Å²) in [5, 5.41) is 3.52. The van der Waals surface area contributed by atoms with Crippen molar-refractivity contribution in [3.63, 3.8) is 0 Å². The van der Waals surface area contributed by atoms with Crippen molar-refractivity contribution in [1.29, 1.82) is 0 Å². The molecule has 2 N–H and O–H groups in total. The molecule has 3 rings (SSSR count). The van der Waals surface area contributed by atoms with Crippen molar-refractivity contribution in [2.45, 2.75) is 38.6 Å². The first kappa shape index (κ1) is 12.2. The molecule has 0 radical (unpaired) electrons. The lowest BCUT2D eigenvalue weighted by atomic mass is 9.66. The second-order valence-corrected chi connectivity index (χ2v) is 6.76. The number of fused-ring (bicyclic) bond motifs is 1. The molecule has 96 valence electrons. The van der Waals surface area contributed by atoms with Gasteiger partial charge in [0.1, 0.15) is 0 Å². The van der Waals surface area contributed by atoms with Gasteiger partial charge < -0.3 is 5.73 Å². The van der Waals surface area contributed by atoms with Crippen LogP contribution in [0.15, 0.2) is 29.6 Å². The van der Waals surface area contributed by atoms with Crippen LogP contribution < -0.4 is 5.73 Å². The van der Waals surface area contributed by atoms with Gasteiger partial charge in [-0.1, -0.05) is 44.9 Å². The molecule has 1 heterocycles. The van der Waals surface area contributed by atoms with Gasteiger partial charge in [0.25, 0.3) is 0 Å². The van der Waals surface area contributed by atoms with E-state index in [1.807, 2.05) is 11.3 Å². The molecule has 2 aromatic rings. The summed E-state index contributed by atoms with van der Waals surface area (Å²) in [6, 6.07) is 8.79. The molecular formula is C16H21NS. The fourth-order valence-electron chi connectivity index (χ4n) is 3.44. The number of benzene rings is 1. The molecule has 1 aromatic heterocycles. The van der Waals surface area contributed by atoms with Crippen molar-refractivity contribution in [2.24, 2.45) is 17.6 Å². The Balaban J connectivity index is 2.15. The lowest BCUT2D eigenvalue weighted by molar-refractivity contribution is 0.145. The van der Waals surface area contributed by atoms with E-state index in [4.69, 9.17) is 5.73 Å².